The summed E-state index contributed by atoms with van der Waals surface area (Å²) >= 11 is 0. The fourth-order valence-corrected chi connectivity index (χ4v) is 1.32. The third-order valence-corrected chi connectivity index (χ3v) is 2.21. The predicted octanol–water partition coefficient (Wildman–Crippen LogP) is 2.20. The van der Waals surface area contributed by atoms with Gasteiger partial charge in [0.15, 0.2) is 0 Å². The zero-order chi connectivity index (χ0) is 10.2. The first-order chi connectivity index (χ1) is 6.84. The monoisotopic (exact) mass is 194 g/mol. The lowest BCUT2D eigenvalue weighted by Crippen LogP contribution is -2.05. The Labute approximate surface area is 85.8 Å². The molecule has 1 aromatic rings. The van der Waals surface area contributed by atoms with Crippen molar-refractivity contribution in [2.24, 2.45) is 0 Å². The number of hydrogen-bond acceptors (Lipinski definition) is 2. The lowest BCUT2D eigenvalue weighted by molar-refractivity contribution is 0.0722. The zero-order valence-electron chi connectivity index (χ0n) is 8.95. The molecule has 0 aliphatic heterocycles. The molecule has 1 rings (SSSR count). The lowest BCUT2D eigenvalue weighted by atomic mass is 10.1. The Morgan fingerprint density at radius 2 is 1.86 bits per heavy atom. The van der Waals surface area contributed by atoms with Crippen LogP contribution in [0.1, 0.15) is 11.1 Å². The van der Waals surface area contributed by atoms with Crippen LogP contribution in [0, 0.1) is 6.92 Å². The minimum Gasteiger partial charge on any atom is -0.382 e. The molecule has 0 atom stereocenters. The van der Waals surface area contributed by atoms with Crippen LogP contribution in [0.2, 0.25) is 0 Å². The first-order valence-corrected chi connectivity index (χ1v) is 4.96. The Bertz CT molecular complexity index is 258. The van der Waals surface area contributed by atoms with Crippen molar-refractivity contribution in [1.29, 1.82) is 0 Å². The van der Waals surface area contributed by atoms with Gasteiger partial charge in [-0.25, -0.2) is 0 Å². The van der Waals surface area contributed by atoms with Crippen LogP contribution in [-0.2, 0) is 15.9 Å². The molecule has 0 saturated heterocycles. The van der Waals surface area contributed by atoms with E-state index in [0.29, 0.717) is 13.2 Å². The third kappa shape index (κ3) is 3.90. The SMILES string of the molecule is COCCOCCc1ccccc1C. The molecule has 2 nitrogen and oxygen atoms in total. The molecule has 0 N–H and O–H groups in total. The van der Waals surface area contributed by atoms with Gasteiger partial charge in [0, 0.05) is 7.11 Å². The van der Waals surface area contributed by atoms with E-state index in [1.54, 1.807) is 7.11 Å². The second kappa shape index (κ2) is 6.57. The topological polar surface area (TPSA) is 18.5 Å². The number of hydrogen-bond donors (Lipinski definition) is 0. The Kier molecular flexibility index (Phi) is 5.27. The average Bonchev–Trinajstić information content (AvgIpc) is 2.20. The molecule has 2 heteroatoms. The number of rotatable bonds is 6. The van der Waals surface area contributed by atoms with Gasteiger partial charge in [0.2, 0.25) is 0 Å². The van der Waals surface area contributed by atoms with E-state index in [2.05, 4.69) is 31.2 Å². The first kappa shape index (κ1) is 11.2. The highest BCUT2D eigenvalue weighted by molar-refractivity contribution is 5.25. The Morgan fingerprint density at radius 1 is 1.07 bits per heavy atom. The van der Waals surface area contributed by atoms with E-state index >= 15 is 0 Å². The van der Waals surface area contributed by atoms with Gasteiger partial charge in [-0.3, -0.25) is 0 Å². The molecule has 78 valence electrons. The Morgan fingerprint density at radius 3 is 2.57 bits per heavy atom. The van der Waals surface area contributed by atoms with Crippen LogP contribution in [0.25, 0.3) is 0 Å². The first-order valence-electron chi connectivity index (χ1n) is 4.96. The molecular formula is C12H18O2. The van der Waals surface area contributed by atoms with E-state index in [4.69, 9.17) is 9.47 Å². The fraction of sp³-hybridized carbons (Fsp3) is 0.500. The third-order valence-electron chi connectivity index (χ3n) is 2.21. The quantitative estimate of drug-likeness (QED) is 0.646. The van der Waals surface area contributed by atoms with Crippen LogP contribution in [0.4, 0.5) is 0 Å². The van der Waals surface area contributed by atoms with Crippen molar-refractivity contribution in [2.75, 3.05) is 26.9 Å². The van der Waals surface area contributed by atoms with E-state index in [-0.39, 0.29) is 0 Å². The van der Waals surface area contributed by atoms with Crippen molar-refractivity contribution >= 4 is 0 Å². The molecule has 0 saturated carbocycles. The Hall–Kier alpha value is -0.860. The molecule has 1 aromatic carbocycles. The molecule has 0 fully saturated rings. The van der Waals surface area contributed by atoms with Gasteiger partial charge < -0.3 is 9.47 Å². The van der Waals surface area contributed by atoms with E-state index in [9.17, 15) is 0 Å². The van der Waals surface area contributed by atoms with Crippen molar-refractivity contribution in [1.82, 2.24) is 0 Å². The normalized spacial score (nSPS) is 10.4. The maximum Gasteiger partial charge on any atom is 0.0700 e. The van der Waals surface area contributed by atoms with Gasteiger partial charge in [-0.2, -0.15) is 0 Å². The van der Waals surface area contributed by atoms with Crippen LogP contribution in [0.15, 0.2) is 24.3 Å². The second-order valence-electron chi connectivity index (χ2n) is 3.28. The highest BCUT2D eigenvalue weighted by atomic mass is 16.5. The minimum absolute atomic E-state index is 0.674. The highest BCUT2D eigenvalue weighted by Crippen LogP contribution is 2.07. The molecule has 0 radical (unpaired) electrons. The molecule has 0 unspecified atom stereocenters. The molecule has 0 heterocycles. The second-order valence-corrected chi connectivity index (χ2v) is 3.28. The lowest BCUT2D eigenvalue weighted by Gasteiger charge is -2.06. The van der Waals surface area contributed by atoms with E-state index < -0.39 is 0 Å². The van der Waals surface area contributed by atoms with Gasteiger partial charge in [-0.15, -0.1) is 0 Å². The number of aryl methyl sites for hydroxylation is 1. The van der Waals surface area contributed by atoms with Gasteiger partial charge in [-0.1, -0.05) is 24.3 Å². The number of benzene rings is 1. The maximum absolute atomic E-state index is 5.41. The van der Waals surface area contributed by atoms with Gasteiger partial charge in [0.05, 0.1) is 19.8 Å². The van der Waals surface area contributed by atoms with Crippen molar-refractivity contribution in [3.8, 4) is 0 Å². The van der Waals surface area contributed by atoms with Gasteiger partial charge >= 0.3 is 0 Å². The van der Waals surface area contributed by atoms with Crippen LogP contribution in [0.3, 0.4) is 0 Å². The summed E-state index contributed by atoms with van der Waals surface area (Å²) in [4.78, 5) is 0. The largest absolute Gasteiger partial charge is 0.382 e. The molecule has 0 amide bonds. The molecule has 14 heavy (non-hydrogen) atoms. The minimum atomic E-state index is 0.674. The van der Waals surface area contributed by atoms with Crippen LogP contribution in [0.5, 0.6) is 0 Å². The van der Waals surface area contributed by atoms with E-state index in [1.807, 2.05) is 0 Å². The zero-order valence-corrected chi connectivity index (χ0v) is 8.95. The summed E-state index contributed by atoms with van der Waals surface area (Å²) < 4.78 is 10.3. The smallest absolute Gasteiger partial charge is 0.0700 e. The fourth-order valence-electron chi connectivity index (χ4n) is 1.32. The average molecular weight is 194 g/mol. The van der Waals surface area contributed by atoms with Crippen molar-refractivity contribution < 1.29 is 9.47 Å². The summed E-state index contributed by atoms with van der Waals surface area (Å²) in [7, 11) is 1.69. The highest BCUT2D eigenvalue weighted by Gasteiger charge is 1.96. The standard InChI is InChI=1S/C12H18O2/c1-11-5-3-4-6-12(11)7-8-14-10-9-13-2/h3-6H,7-10H2,1-2H3. The summed E-state index contributed by atoms with van der Waals surface area (Å²) in [6, 6.07) is 8.40. The Balaban J connectivity index is 2.21. The summed E-state index contributed by atoms with van der Waals surface area (Å²) in [6.07, 6.45) is 0.983. The van der Waals surface area contributed by atoms with Crippen LogP contribution >= 0.6 is 0 Å². The van der Waals surface area contributed by atoms with Crippen LogP contribution in [-0.4, -0.2) is 26.9 Å². The molecule has 0 aromatic heterocycles. The summed E-state index contributed by atoms with van der Waals surface area (Å²) in [5.74, 6) is 0. The van der Waals surface area contributed by atoms with Gasteiger partial charge in [-0.05, 0) is 24.5 Å². The van der Waals surface area contributed by atoms with Crippen molar-refractivity contribution in [3.63, 3.8) is 0 Å². The number of ether oxygens (including phenoxy) is 2. The van der Waals surface area contributed by atoms with Crippen molar-refractivity contribution in [2.45, 2.75) is 13.3 Å². The van der Waals surface area contributed by atoms with Crippen molar-refractivity contribution in [3.05, 3.63) is 35.4 Å². The summed E-state index contributed by atoms with van der Waals surface area (Å²) in [5.41, 5.74) is 2.70. The molecular weight excluding hydrogens is 176 g/mol. The summed E-state index contributed by atoms with van der Waals surface area (Å²) in [6.45, 7) is 4.26. The predicted molar refractivity (Wildman–Crippen MR) is 57.6 cm³/mol. The molecule has 0 bridgehead atoms. The summed E-state index contributed by atoms with van der Waals surface area (Å²) in [5, 5.41) is 0. The van der Waals surface area contributed by atoms with E-state index in [1.165, 1.54) is 11.1 Å². The maximum atomic E-state index is 5.41. The molecule has 0 aliphatic carbocycles. The van der Waals surface area contributed by atoms with Gasteiger partial charge in [0.25, 0.3) is 0 Å². The van der Waals surface area contributed by atoms with E-state index in [0.717, 1.165) is 13.0 Å². The molecule has 0 aliphatic rings. The van der Waals surface area contributed by atoms with Crippen LogP contribution < -0.4 is 0 Å². The molecule has 0 spiro atoms. The number of methoxy groups -OCH3 is 1. The van der Waals surface area contributed by atoms with Gasteiger partial charge in [0.1, 0.15) is 0 Å².